The lowest BCUT2D eigenvalue weighted by molar-refractivity contribution is 1.46. The van der Waals surface area contributed by atoms with Crippen molar-refractivity contribution in [2.45, 2.75) is 0 Å². The number of anilines is 1. The van der Waals surface area contributed by atoms with E-state index >= 15 is 0 Å². The molecule has 17 heavy (non-hydrogen) atoms. The van der Waals surface area contributed by atoms with Gasteiger partial charge in [-0.25, -0.2) is 0 Å². The Hall–Kier alpha value is -2.78. The Balaban J connectivity index is 2.71. The lowest BCUT2D eigenvalue weighted by Crippen LogP contribution is -1.95. The number of hydrogen-bond donors (Lipinski definition) is 1. The summed E-state index contributed by atoms with van der Waals surface area (Å²) in [6.45, 7) is 0. The number of hydrogen-bond acceptors (Lipinski definition) is 3. The first-order chi connectivity index (χ1) is 8.27. The van der Waals surface area contributed by atoms with Crippen LogP contribution in [0.15, 0.2) is 42.5 Å². The lowest BCUT2D eigenvalue weighted by atomic mass is 9.97. The van der Waals surface area contributed by atoms with Crippen LogP contribution in [0.25, 0.3) is 11.1 Å². The van der Waals surface area contributed by atoms with Crippen molar-refractivity contribution in [3.63, 3.8) is 0 Å². The average Bonchev–Trinajstić information content (AvgIpc) is 2.39. The molecule has 2 N–H and O–H groups in total. The van der Waals surface area contributed by atoms with E-state index in [1.54, 1.807) is 24.3 Å². The minimum Gasteiger partial charge on any atom is -0.397 e. The smallest absolute Gasteiger partial charge is 0.101 e. The lowest BCUT2D eigenvalue weighted by Gasteiger charge is -2.08. The molecule has 0 fully saturated rings. The summed E-state index contributed by atoms with van der Waals surface area (Å²) in [5.74, 6) is 0. The quantitative estimate of drug-likeness (QED) is 0.749. The largest absolute Gasteiger partial charge is 0.397 e. The van der Waals surface area contributed by atoms with E-state index in [-0.39, 0.29) is 0 Å². The molecule has 2 rings (SSSR count). The van der Waals surface area contributed by atoms with Crippen LogP contribution in [-0.2, 0) is 0 Å². The number of nitriles is 2. The van der Waals surface area contributed by atoms with Crippen LogP contribution in [0.2, 0.25) is 0 Å². The second kappa shape index (κ2) is 4.38. The SMILES string of the molecule is N#Cc1ccccc1-c1cccc(C#N)c1N. The van der Waals surface area contributed by atoms with E-state index in [4.69, 9.17) is 16.3 Å². The van der Waals surface area contributed by atoms with Crippen molar-refractivity contribution >= 4 is 5.69 Å². The second-order valence-electron chi connectivity index (χ2n) is 3.54. The van der Waals surface area contributed by atoms with Gasteiger partial charge < -0.3 is 5.73 Å². The summed E-state index contributed by atoms with van der Waals surface area (Å²) in [7, 11) is 0. The van der Waals surface area contributed by atoms with Crippen LogP contribution in [0, 0.1) is 22.7 Å². The molecule has 0 heterocycles. The molecule has 0 aliphatic carbocycles. The summed E-state index contributed by atoms with van der Waals surface area (Å²) in [6.07, 6.45) is 0. The van der Waals surface area contributed by atoms with E-state index in [1.807, 2.05) is 24.3 Å². The molecule has 0 radical (unpaired) electrons. The van der Waals surface area contributed by atoms with Crippen LogP contribution < -0.4 is 5.73 Å². The normalized spacial score (nSPS) is 9.29. The molecular weight excluding hydrogens is 210 g/mol. The Morgan fingerprint density at radius 3 is 2.06 bits per heavy atom. The number of rotatable bonds is 1. The summed E-state index contributed by atoms with van der Waals surface area (Å²) in [4.78, 5) is 0. The molecule has 2 aromatic rings. The average molecular weight is 219 g/mol. The van der Waals surface area contributed by atoms with Crippen LogP contribution in [0.3, 0.4) is 0 Å². The minimum atomic E-state index is 0.415. The highest BCUT2D eigenvalue weighted by molar-refractivity contribution is 5.83. The Morgan fingerprint density at radius 1 is 0.765 bits per heavy atom. The molecule has 2 aromatic carbocycles. The Labute approximate surface area is 99.3 Å². The molecule has 0 amide bonds. The van der Waals surface area contributed by atoms with Gasteiger partial charge in [0.05, 0.1) is 22.9 Å². The van der Waals surface area contributed by atoms with Gasteiger partial charge >= 0.3 is 0 Å². The summed E-state index contributed by atoms with van der Waals surface area (Å²) < 4.78 is 0. The zero-order chi connectivity index (χ0) is 12.3. The maximum absolute atomic E-state index is 9.04. The molecule has 0 unspecified atom stereocenters. The fourth-order valence-electron chi connectivity index (χ4n) is 1.71. The third kappa shape index (κ3) is 1.82. The van der Waals surface area contributed by atoms with Crippen molar-refractivity contribution in [2.24, 2.45) is 0 Å². The van der Waals surface area contributed by atoms with Crippen LogP contribution in [0.5, 0.6) is 0 Å². The maximum atomic E-state index is 9.04. The van der Waals surface area contributed by atoms with E-state index in [0.717, 1.165) is 11.1 Å². The zero-order valence-electron chi connectivity index (χ0n) is 9.01. The van der Waals surface area contributed by atoms with Crippen molar-refractivity contribution < 1.29 is 0 Å². The van der Waals surface area contributed by atoms with Crippen molar-refractivity contribution in [1.82, 2.24) is 0 Å². The Morgan fingerprint density at radius 2 is 1.35 bits per heavy atom. The molecular formula is C14H9N3. The van der Waals surface area contributed by atoms with Gasteiger partial charge in [-0.3, -0.25) is 0 Å². The van der Waals surface area contributed by atoms with Crippen LogP contribution >= 0.6 is 0 Å². The van der Waals surface area contributed by atoms with Gasteiger partial charge in [0.25, 0.3) is 0 Å². The van der Waals surface area contributed by atoms with Gasteiger partial charge in [-0.05, 0) is 12.1 Å². The predicted molar refractivity (Wildman–Crippen MR) is 65.7 cm³/mol. The third-order valence-corrected chi connectivity index (χ3v) is 2.56. The van der Waals surface area contributed by atoms with Crippen LogP contribution in [-0.4, -0.2) is 0 Å². The molecule has 0 saturated carbocycles. The minimum absolute atomic E-state index is 0.415. The second-order valence-corrected chi connectivity index (χ2v) is 3.54. The van der Waals surface area contributed by atoms with E-state index in [1.165, 1.54) is 0 Å². The Bertz CT molecular complexity index is 645. The topological polar surface area (TPSA) is 73.6 Å². The molecule has 0 aliphatic heterocycles. The monoisotopic (exact) mass is 219 g/mol. The Kier molecular flexibility index (Phi) is 2.77. The summed E-state index contributed by atoms with van der Waals surface area (Å²) in [5.41, 5.74) is 8.79. The third-order valence-electron chi connectivity index (χ3n) is 2.56. The molecule has 0 atom stereocenters. The summed E-state index contributed by atoms with van der Waals surface area (Å²) in [6, 6.07) is 16.6. The van der Waals surface area contributed by atoms with Crippen LogP contribution in [0.4, 0.5) is 5.69 Å². The van der Waals surface area contributed by atoms with Crippen molar-refractivity contribution in [1.29, 1.82) is 10.5 Å². The first kappa shape index (κ1) is 10.7. The maximum Gasteiger partial charge on any atom is 0.101 e. The summed E-state index contributed by atoms with van der Waals surface area (Å²) in [5, 5.41) is 18.0. The van der Waals surface area contributed by atoms with Crippen LogP contribution in [0.1, 0.15) is 11.1 Å². The number of nitrogens with zero attached hydrogens (tertiary/aromatic N) is 2. The van der Waals surface area contributed by atoms with Gasteiger partial charge in [-0.15, -0.1) is 0 Å². The van der Waals surface area contributed by atoms with Gasteiger partial charge in [0.1, 0.15) is 6.07 Å². The van der Waals surface area contributed by atoms with Crippen molar-refractivity contribution in [3.8, 4) is 23.3 Å². The van der Waals surface area contributed by atoms with Crippen molar-refractivity contribution in [2.75, 3.05) is 5.73 Å². The standard InChI is InChI=1S/C14H9N3/c15-8-10-4-1-2-6-12(10)13-7-3-5-11(9-16)14(13)17/h1-7H,17H2. The molecule has 0 aliphatic rings. The first-order valence-electron chi connectivity index (χ1n) is 5.06. The van der Waals surface area contributed by atoms with Gasteiger partial charge in [0, 0.05) is 11.1 Å². The van der Waals surface area contributed by atoms with Gasteiger partial charge in [-0.2, -0.15) is 10.5 Å². The van der Waals surface area contributed by atoms with E-state index < -0.39 is 0 Å². The van der Waals surface area contributed by atoms with Gasteiger partial charge in [0.15, 0.2) is 0 Å². The van der Waals surface area contributed by atoms with Crippen molar-refractivity contribution in [3.05, 3.63) is 53.6 Å². The molecule has 3 heteroatoms. The first-order valence-corrected chi connectivity index (χ1v) is 5.06. The summed E-state index contributed by atoms with van der Waals surface area (Å²) >= 11 is 0. The fourth-order valence-corrected chi connectivity index (χ4v) is 1.71. The van der Waals surface area contributed by atoms with Gasteiger partial charge in [-0.1, -0.05) is 30.3 Å². The molecule has 80 valence electrons. The molecule has 0 spiro atoms. The molecule has 0 bridgehead atoms. The highest BCUT2D eigenvalue weighted by Gasteiger charge is 2.09. The van der Waals surface area contributed by atoms with E-state index in [2.05, 4.69) is 6.07 Å². The molecule has 0 aromatic heterocycles. The molecule has 0 saturated heterocycles. The highest BCUT2D eigenvalue weighted by Crippen LogP contribution is 2.30. The van der Waals surface area contributed by atoms with Gasteiger partial charge in [0.2, 0.25) is 0 Å². The number of nitrogens with two attached hydrogens (primary N) is 1. The number of benzene rings is 2. The highest BCUT2D eigenvalue weighted by atomic mass is 14.6. The predicted octanol–water partition coefficient (Wildman–Crippen LogP) is 2.68. The fraction of sp³-hybridized carbons (Fsp3) is 0. The molecule has 3 nitrogen and oxygen atoms in total. The number of nitrogen functional groups attached to an aromatic ring is 1. The zero-order valence-corrected chi connectivity index (χ0v) is 9.01. The number of para-hydroxylation sites is 1. The van der Waals surface area contributed by atoms with E-state index in [9.17, 15) is 0 Å². The van der Waals surface area contributed by atoms with E-state index in [0.29, 0.717) is 16.8 Å².